The fourth-order valence-electron chi connectivity index (χ4n) is 2.70. The SMILES string of the molecule is Cc1nc(Cl)ccc1N1CCN(c2ccccc2)CC1. The number of piperazine rings is 1. The topological polar surface area (TPSA) is 19.4 Å². The maximum atomic E-state index is 5.92. The highest BCUT2D eigenvalue weighted by molar-refractivity contribution is 6.29. The van der Waals surface area contributed by atoms with Crippen LogP contribution in [0.15, 0.2) is 42.5 Å². The third kappa shape index (κ3) is 2.73. The molecule has 0 aliphatic carbocycles. The molecule has 1 aliphatic heterocycles. The van der Waals surface area contributed by atoms with Gasteiger partial charge in [-0.2, -0.15) is 0 Å². The van der Waals surface area contributed by atoms with Crippen LogP contribution < -0.4 is 9.80 Å². The second-order valence-corrected chi connectivity index (χ2v) is 5.44. The molecule has 0 saturated carbocycles. The molecule has 2 aromatic rings. The number of aryl methyl sites for hydroxylation is 1. The first-order valence-corrected chi connectivity index (χ1v) is 7.30. The standard InChI is InChI=1S/C16H18ClN3/c1-13-15(7-8-16(17)18-13)20-11-9-19(10-12-20)14-5-3-2-4-6-14/h2-8H,9-12H2,1H3. The summed E-state index contributed by atoms with van der Waals surface area (Å²) in [5, 5.41) is 0.564. The van der Waals surface area contributed by atoms with Gasteiger partial charge in [-0.15, -0.1) is 0 Å². The highest BCUT2D eigenvalue weighted by Crippen LogP contribution is 2.23. The predicted octanol–water partition coefficient (Wildman–Crippen LogP) is 3.37. The minimum Gasteiger partial charge on any atom is -0.368 e. The van der Waals surface area contributed by atoms with Gasteiger partial charge >= 0.3 is 0 Å². The van der Waals surface area contributed by atoms with Crippen molar-refractivity contribution in [3.63, 3.8) is 0 Å². The van der Waals surface area contributed by atoms with Crippen LogP contribution in [0.2, 0.25) is 5.15 Å². The minimum atomic E-state index is 0.564. The van der Waals surface area contributed by atoms with Crippen LogP contribution in [-0.2, 0) is 0 Å². The number of hydrogen-bond acceptors (Lipinski definition) is 3. The van der Waals surface area contributed by atoms with Crippen molar-refractivity contribution < 1.29 is 0 Å². The fourth-order valence-corrected chi connectivity index (χ4v) is 2.89. The highest BCUT2D eigenvalue weighted by Gasteiger charge is 2.18. The molecule has 1 aromatic heterocycles. The van der Waals surface area contributed by atoms with Crippen LogP contribution in [0.3, 0.4) is 0 Å². The molecule has 1 aromatic carbocycles. The molecule has 0 amide bonds. The molecule has 1 fully saturated rings. The number of aromatic nitrogens is 1. The Kier molecular flexibility index (Phi) is 3.79. The Balaban J connectivity index is 1.69. The van der Waals surface area contributed by atoms with Gasteiger partial charge in [-0.3, -0.25) is 0 Å². The molecule has 3 nitrogen and oxygen atoms in total. The zero-order valence-electron chi connectivity index (χ0n) is 11.6. The molecule has 0 N–H and O–H groups in total. The van der Waals surface area contributed by atoms with Crippen molar-refractivity contribution in [2.24, 2.45) is 0 Å². The van der Waals surface area contributed by atoms with E-state index >= 15 is 0 Å². The van der Waals surface area contributed by atoms with Gasteiger partial charge in [0.1, 0.15) is 5.15 Å². The molecule has 0 unspecified atom stereocenters. The minimum absolute atomic E-state index is 0.564. The normalized spacial score (nSPS) is 15.5. The van der Waals surface area contributed by atoms with E-state index in [9.17, 15) is 0 Å². The molecule has 0 spiro atoms. The molecule has 0 radical (unpaired) electrons. The van der Waals surface area contributed by atoms with Crippen LogP contribution in [0.25, 0.3) is 0 Å². The van der Waals surface area contributed by atoms with Crippen molar-refractivity contribution >= 4 is 23.0 Å². The largest absolute Gasteiger partial charge is 0.368 e. The van der Waals surface area contributed by atoms with Crippen molar-refractivity contribution in [3.8, 4) is 0 Å². The van der Waals surface area contributed by atoms with E-state index in [4.69, 9.17) is 11.6 Å². The van der Waals surface area contributed by atoms with Crippen LogP contribution >= 0.6 is 11.6 Å². The van der Waals surface area contributed by atoms with E-state index < -0.39 is 0 Å². The Hall–Kier alpha value is -1.74. The summed E-state index contributed by atoms with van der Waals surface area (Å²) in [7, 11) is 0. The third-order valence-electron chi connectivity index (χ3n) is 3.77. The molecule has 1 saturated heterocycles. The quantitative estimate of drug-likeness (QED) is 0.790. The first-order chi connectivity index (χ1) is 9.74. The number of rotatable bonds is 2. The summed E-state index contributed by atoms with van der Waals surface area (Å²) in [6, 6.07) is 14.5. The Morgan fingerprint density at radius 1 is 0.900 bits per heavy atom. The van der Waals surface area contributed by atoms with E-state index in [1.54, 1.807) is 0 Å². The van der Waals surface area contributed by atoms with Gasteiger partial charge in [-0.05, 0) is 31.2 Å². The number of para-hydroxylation sites is 1. The highest BCUT2D eigenvalue weighted by atomic mass is 35.5. The van der Waals surface area contributed by atoms with Crippen LogP contribution in [0, 0.1) is 6.92 Å². The van der Waals surface area contributed by atoms with Crippen molar-refractivity contribution in [2.45, 2.75) is 6.92 Å². The van der Waals surface area contributed by atoms with Crippen molar-refractivity contribution in [1.29, 1.82) is 0 Å². The van der Waals surface area contributed by atoms with Gasteiger partial charge in [-0.1, -0.05) is 29.8 Å². The van der Waals surface area contributed by atoms with Crippen LogP contribution in [0.5, 0.6) is 0 Å². The molecular weight excluding hydrogens is 270 g/mol. The van der Waals surface area contributed by atoms with Gasteiger partial charge in [0.2, 0.25) is 0 Å². The summed E-state index contributed by atoms with van der Waals surface area (Å²) in [5.41, 5.74) is 3.51. The average molecular weight is 288 g/mol. The molecule has 0 atom stereocenters. The van der Waals surface area contributed by atoms with E-state index in [-0.39, 0.29) is 0 Å². The molecule has 2 heterocycles. The Labute approximate surface area is 124 Å². The first-order valence-electron chi connectivity index (χ1n) is 6.92. The van der Waals surface area contributed by atoms with Crippen molar-refractivity contribution in [3.05, 3.63) is 53.3 Å². The summed E-state index contributed by atoms with van der Waals surface area (Å²) in [6.45, 7) is 6.11. The van der Waals surface area contributed by atoms with E-state index in [0.717, 1.165) is 31.9 Å². The number of hydrogen-bond donors (Lipinski definition) is 0. The number of nitrogens with zero attached hydrogens (tertiary/aromatic N) is 3. The average Bonchev–Trinajstić information content (AvgIpc) is 2.48. The van der Waals surface area contributed by atoms with Crippen LogP contribution in [0.1, 0.15) is 5.69 Å². The first kappa shape index (κ1) is 13.3. The number of halogens is 1. The Bertz CT molecular complexity index is 578. The van der Waals surface area contributed by atoms with Crippen LogP contribution in [-0.4, -0.2) is 31.2 Å². The van der Waals surface area contributed by atoms with E-state index in [1.807, 2.05) is 13.0 Å². The molecule has 1 aliphatic rings. The molecule has 3 rings (SSSR count). The number of benzene rings is 1. The maximum absolute atomic E-state index is 5.92. The summed E-state index contributed by atoms with van der Waals surface area (Å²) in [6.07, 6.45) is 0. The van der Waals surface area contributed by atoms with Gasteiger partial charge in [0, 0.05) is 31.9 Å². The monoisotopic (exact) mass is 287 g/mol. The zero-order chi connectivity index (χ0) is 13.9. The Morgan fingerprint density at radius 2 is 1.55 bits per heavy atom. The summed E-state index contributed by atoms with van der Waals surface area (Å²) >= 11 is 5.92. The maximum Gasteiger partial charge on any atom is 0.129 e. The van der Waals surface area contributed by atoms with Gasteiger partial charge < -0.3 is 9.80 Å². The van der Waals surface area contributed by atoms with E-state index in [0.29, 0.717) is 5.15 Å². The summed E-state index contributed by atoms with van der Waals surface area (Å²) in [5.74, 6) is 0. The summed E-state index contributed by atoms with van der Waals surface area (Å²) < 4.78 is 0. The second kappa shape index (κ2) is 5.71. The third-order valence-corrected chi connectivity index (χ3v) is 3.98. The van der Waals surface area contributed by atoms with E-state index in [1.165, 1.54) is 11.4 Å². The van der Waals surface area contributed by atoms with Crippen LogP contribution in [0.4, 0.5) is 11.4 Å². The lowest BCUT2D eigenvalue weighted by Crippen LogP contribution is -2.46. The lowest BCUT2D eigenvalue weighted by Gasteiger charge is -2.37. The van der Waals surface area contributed by atoms with E-state index in [2.05, 4.69) is 51.2 Å². The second-order valence-electron chi connectivity index (χ2n) is 5.05. The number of anilines is 2. The molecule has 0 bridgehead atoms. The van der Waals surface area contributed by atoms with Crippen molar-refractivity contribution in [1.82, 2.24) is 4.98 Å². The summed E-state index contributed by atoms with van der Waals surface area (Å²) in [4.78, 5) is 9.15. The molecule has 20 heavy (non-hydrogen) atoms. The number of pyridine rings is 1. The van der Waals surface area contributed by atoms with Gasteiger partial charge in [0.25, 0.3) is 0 Å². The molecule has 104 valence electrons. The van der Waals surface area contributed by atoms with Crippen molar-refractivity contribution in [2.75, 3.05) is 36.0 Å². The van der Waals surface area contributed by atoms with Gasteiger partial charge in [-0.25, -0.2) is 4.98 Å². The molecule has 4 heteroatoms. The smallest absolute Gasteiger partial charge is 0.129 e. The lowest BCUT2D eigenvalue weighted by molar-refractivity contribution is 0.651. The predicted molar refractivity (Wildman–Crippen MR) is 84.9 cm³/mol. The Morgan fingerprint density at radius 3 is 2.20 bits per heavy atom. The zero-order valence-corrected chi connectivity index (χ0v) is 12.3. The lowest BCUT2D eigenvalue weighted by atomic mass is 10.2. The van der Waals surface area contributed by atoms with Gasteiger partial charge in [0.15, 0.2) is 0 Å². The molecular formula is C16H18ClN3. The van der Waals surface area contributed by atoms with Gasteiger partial charge in [0.05, 0.1) is 11.4 Å². The fraction of sp³-hybridized carbons (Fsp3) is 0.312.